The van der Waals surface area contributed by atoms with E-state index in [4.69, 9.17) is 0 Å². The number of halogens is 1. The van der Waals surface area contributed by atoms with E-state index in [0.717, 1.165) is 29.8 Å². The lowest BCUT2D eigenvalue weighted by Crippen LogP contribution is -2.38. The Morgan fingerprint density at radius 1 is 1.15 bits per heavy atom. The van der Waals surface area contributed by atoms with E-state index in [1.807, 2.05) is 11.0 Å². The maximum atomic E-state index is 13.1. The van der Waals surface area contributed by atoms with E-state index in [2.05, 4.69) is 20.2 Å². The molecule has 0 saturated carbocycles. The van der Waals surface area contributed by atoms with Crippen LogP contribution in [0.25, 0.3) is 11.3 Å². The second kappa shape index (κ2) is 7.03. The molecule has 1 aliphatic heterocycles. The van der Waals surface area contributed by atoms with Crippen LogP contribution in [0.1, 0.15) is 34.9 Å². The highest BCUT2D eigenvalue weighted by atomic mass is 19.1. The largest absolute Gasteiger partial charge is 0.337 e. The number of rotatable bonds is 3. The lowest BCUT2D eigenvalue weighted by Gasteiger charge is -2.31. The van der Waals surface area contributed by atoms with Crippen LogP contribution < -0.4 is 0 Å². The van der Waals surface area contributed by atoms with Crippen molar-refractivity contribution in [3.63, 3.8) is 0 Å². The Morgan fingerprint density at radius 2 is 1.92 bits per heavy atom. The highest BCUT2D eigenvalue weighted by Gasteiger charge is 2.26. The van der Waals surface area contributed by atoms with E-state index in [1.165, 1.54) is 24.5 Å². The van der Waals surface area contributed by atoms with Crippen molar-refractivity contribution < 1.29 is 9.18 Å². The smallest absolute Gasteiger partial charge is 0.274 e. The van der Waals surface area contributed by atoms with E-state index in [-0.39, 0.29) is 11.7 Å². The number of aromatic amines is 1. The Bertz CT molecular complexity index is 886. The van der Waals surface area contributed by atoms with Crippen molar-refractivity contribution in [3.05, 3.63) is 66.1 Å². The van der Waals surface area contributed by atoms with Crippen molar-refractivity contribution in [1.82, 2.24) is 25.1 Å². The van der Waals surface area contributed by atoms with Gasteiger partial charge < -0.3 is 4.90 Å². The number of hydrogen-bond acceptors (Lipinski definition) is 4. The average molecular weight is 351 g/mol. The molecule has 3 aromatic rings. The third kappa shape index (κ3) is 3.33. The van der Waals surface area contributed by atoms with Gasteiger partial charge in [-0.2, -0.15) is 5.10 Å². The number of benzene rings is 1. The van der Waals surface area contributed by atoms with E-state index >= 15 is 0 Å². The number of carbonyl (C=O) groups is 1. The summed E-state index contributed by atoms with van der Waals surface area (Å²) >= 11 is 0. The molecule has 0 atom stereocenters. The molecule has 1 saturated heterocycles. The lowest BCUT2D eigenvalue weighted by molar-refractivity contribution is 0.0705. The summed E-state index contributed by atoms with van der Waals surface area (Å²) in [5, 5.41) is 7.44. The molecule has 1 amide bonds. The first-order valence-electron chi connectivity index (χ1n) is 8.57. The molecule has 3 heterocycles. The van der Waals surface area contributed by atoms with E-state index < -0.39 is 0 Å². The van der Waals surface area contributed by atoms with E-state index in [1.54, 1.807) is 18.3 Å². The van der Waals surface area contributed by atoms with Crippen LogP contribution in [0.4, 0.5) is 4.39 Å². The number of nitrogens with one attached hydrogen (secondary N) is 1. The second-order valence-electron chi connectivity index (χ2n) is 6.37. The molecule has 4 rings (SSSR count). The fraction of sp³-hybridized carbons (Fsp3) is 0.263. The monoisotopic (exact) mass is 351 g/mol. The van der Waals surface area contributed by atoms with Crippen LogP contribution in [0, 0.1) is 5.82 Å². The molecular weight excluding hydrogens is 333 g/mol. The molecule has 6 nitrogen and oxygen atoms in total. The van der Waals surface area contributed by atoms with Crippen LogP contribution in [-0.4, -0.2) is 44.1 Å². The minimum atomic E-state index is -0.260. The van der Waals surface area contributed by atoms with Gasteiger partial charge in [0, 0.05) is 42.7 Å². The summed E-state index contributed by atoms with van der Waals surface area (Å²) in [6, 6.07) is 8.31. The molecule has 26 heavy (non-hydrogen) atoms. The van der Waals surface area contributed by atoms with Gasteiger partial charge in [-0.3, -0.25) is 14.9 Å². The van der Waals surface area contributed by atoms with Crippen LogP contribution in [-0.2, 0) is 0 Å². The molecule has 0 spiro atoms. The Kier molecular flexibility index (Phi) is 4.43. The van der Waals surface area contributed by atoms with E-state index in [9.17, 15) is 9.18 Å². The summed E-state index contributed by atoms with van der Waals surface area (Å²) in [4.78, 5) is 22.3. The molecule has 0 unspecified atom stereocenters. The normalized spacial score (nSPS) is 15.2. The molecule has 2 aromatic heterocycles. The van der Waals surface area contributed by atoms with Gasteiger partial charge in [-0.25, -0.2) is 9.37 Å². The number of amides is 1. The van der Waals surface area contributed by atoms with Gasteiger partial charge in [0.25, 0.3) is 5.91 Å². The summed E-state index contributed by atoms with van der Waals surface area (Å²) in [6.07, 6.45) is 6.30. The first-order chi connectivity index (χ1) is 12.7. The van der Waals surface area contributed by atoms with Gasteiger partial charge in [-0.1, -0.05) is 0 Å². The summed E-state index contributed by atoms with van der Waals surface area (Å²) in [6.45, 7) is 1.34. The highest BCUT2D eigenvalue weighted by Crippen LogP contribution is 2.29. The fourth-order valence-electron chi connectivity index (χ4n) is 3.28. The SMILES string of the molecule is O=C(c1cnccn1)N1CCC(c2cc(-c3ccc(F)cc3)n[nH]2)CC1. The fourth-order valence-corrected chi connectivity index (χ4v) is 3.28. The van der Waals surface area contributed by atoms with Gasteiger partial charge in [0.2, 0.25) is 0 Å². The standard InChI is InChI=1S/C19H18FN5O/c20-15-3-1-13(2-4-15)16-11-17(24-23-16)14-5-9-25(10-6-14)19(26)18-12-21-7-8-22-18/h1-4,7-8,11-12,14H,5-6,9-10H2,(H,23,24). The molecule has 1 aliphatic rings. The molecule has 7 heteroatoms. The van der Waals surface area contributed by atoms with E-state index in [0.29, 0.717) is 24.7 Å². The summed E-state index contributed by atoms with van der Waals surface area (Å²) in [5.41, 5.74) is 3.12. The Morgan fingerprint density at radius 3 is 2.62 bits per heavy atom. The third-order valence-corrected chi connectivity index (χ3v) is 4.74. The van der Waals surface area contributed by atoms with Crippen molar-refractivity contribution in [3.8, 4) is 11.3 Å². The predicted octanol–water partition coefficient (Wildman–Crippen LogP) is 3.03. The number of piperidine rings is 1. The molecule has 0 aliphatic carbocycles. The summed E-state index contributed by atoms with van der Waals surface area (Å²) < 4.78 is 13.1. The molecule has 1 N–H and O–H groups in total. The zero-order valence-electron chi connectivity index (χ0n) is 14.1. The Hall–Kier alpha value is -3.09. The van der Waals surface area contributed by atoms with Gasteiger partial charge in [-0.15, -0.1) is 0 Å². The number of likely N-dealkylation sites (tertiary alicyclic amines) is 1. The van der Waals surface area contributed by atoms with Crippen LogP contribution >= 0.6 is 0 Å². The Balaban J connectivity index is 1.41. The second-order valence-corrected chi connectivity index (χ2v) is 6.37. The molecule has 0 bridgehead atoms. The number of aromatic nitrogens is 4. The average Bonchev–Trinajstić information content (AvgIpc) is 3.19. The van der Waals surface area contributed by atoms with Crippen molar-refractivity contribution in [1.29, 1.82) is 0 Å². The summed E-state index contributed by atoms with van der Waals surface area (Å²) in [7, 11) is 0. The van der Waals surface area contributed by atoms with Crippen molar-refractivity contribution in [2.24, 2.45) is 0 Å². The molecule has 132 valence electrons. The Labute approximate surface area is 150 Å². The third-order valence-electron chi connectivity index (χ3n) is 4.74. The topological polar surface area (TPSA) is 74.8 Å². The predicted molar refractivity (Wildman–Crippen MR) is 93.9 cm³/mol. The van der Waals surface area contributed by atoms with Crippen LogP contribution in [0.3, 0.4) is 0 Å². The number of carbonyl (C=O) groups excluding carboxylic acids is 1. The summed E-state index contributed by atoms with van der Waals surface area (Å²) in [5.74, 6) is -0.0135. The molecule has 1 fully saturated rings. The van der Waals surface area contributed by atoms with Gasteiger partial charge in [0.15, 0.2) is 0 Å². The van der Waals surface area contributed by atoms with Crippen LogP contribution in [0.2, 0.25) is 0 Å². The van der Waals surface area contributed by atoms with Gasteiger partial charge in [0.05, 0.1) is 11.9 Å². The van der Waals surface area contributed by atoms with Crippen LogP contribution in [0.15, 0.2) is 48.9 Å². The zero-order chi connectivity index (χ0) is 17.9. The minimum absolute atomic E-state index is 0.0758. The number of hydrogen-bond donors (Lipinski definition) is 1. The van der Waals surface area contributed by atoms with Crippen molar-refractivity contribution in [2.75, 3.05) is 13.1 Å². The molecule has 1 aromatic carbocycles. The van der Waals surface area contributed by atoms with Gasteiger partial charge >= 0.3 is 0 Å². The number of H-pyrrole nitrogens is 1. The maximum Gasteiger partial charge on any atom is 0.274 e. The number of nitrogens with zero attached hydrogens (tertiary/aromatic N) is 4. The van der Waals surface area contributed by atoms with Crippen molar-refractivity contribution >= 4 is 5.91 Å². The first-order valence-corrected chi connectivity index (χ1v) is 8.57. The van der Waals surface area contributed by atoms with Gasteiger partial charge in [0.1, 0.15) is 11.5 Å². The minimum Gasteiger partial charge on any atom is -0.337 e. The zero-order valence-corrected chi connectivity index (χ0v) is 14.1. The first kappa shape index (κ1) is 16.4. The van der Waals surface area contributed by atoms with Gasteiger partial charge in [-0.05, 0) is 43.2 Å². The molecule has 0 radical (unpaired) electrons. The molecular formula is C19H18FN5O. The lowest BCUT2D eigenvalue weighted by atomic mass is 9.93. The van der Waals surface area contributed by atoms with Crippen LogP contribution in [0.5, 0.6) is 0 Å². The van der Waals surface area contributed by atoms with Crippen molar-refractivity contribution in [2.45, 2.75) is 18.8 Å². The highest BCUT2D eigenvalue weighted by molar-refractivity contribution is 5.92. The maximum absolute atomic E-state index is 13.1. The quantitative estimate of drug-likeness (QED) is 0.787.